The third kappa shape index (κ3) is 9.38. The number of halogens is 2. The highest BCUT2D eigenvalue weighted by Crippen LogP contribution is 2.23. The van der Waals surface area contributed by atoms with Crippen LogP contribution in [-0.4, -0.2) is 37.3 Å². The number of rotatable bonds is 10. The molecule has 0 aliphatic heterocycles. The van der Waals surface area contributed by atoms with E-state index in [2.05, 4.69) is 15.8 Å². The van der Waals surface area contributed by atoms with Crippen LogP contribution in [0.5, 0.6) is 5.75 Å². The molecule has 2 rings (SSSR count). The van der Waals surface area contributed by atoms with E-state index >= 15 is 0 Å². The first kappa shape index (κ1) is 24.7. The maximum Gasteiger partial charge on any atom is 0.329 e. The third-order valence-electron chi connectivity index (χ3n) is 3.89. The van der Waals surface area contributed by atoms with Crippen molar-refractivity contribution in [1.29, 1.82) is 0 Å². The maximum absolute atomic E-state index is 11.8. The lowest BCUT2D eigenvalue weighted by Crippen LogP contribution is -2.38. The van der Waals surface area contributed by atoms with Crippen LogP contribution in [0.1, 0.15) is 31.4 Å². The van der Waals surface area contributed by atoms with E-state index in [1.165, 1.54) is 6.21 Å². The van der Waals surface area contributed by atoms with Crippen molar-refractivity contribution in [3.05, 3.63) is 63.6 Å². The van der Waals surface area contributed by atoms with Crippen molar-refractivity contribution in [3.8, 4) is 5.75 Å². The van der Waals surface area contributed by atoms with Crippen LogP contribution in [0.3, 0.4) is 0 Å². The zero-order valence-electron chi connectivity index (χ0n) is 17.4. The van der Waals surface area contributed by atoms with Gasteiger partial charge in [-0.1, -0.05) is 41.4 Å². The van der Waals surface area contributed by atoms with Gasteiger partial charge >= 0.3 is 11.8 Å². The number of carbonyl (C=O) groups excluding carboxylic acids is 2. The molecule has 0 saturated heterocycles. The van der Waals surface area contributed by atoms with Gasteiger partial charge in [-0.05, 0) is 55.7 Å². The molecule has 0 aliphatic rings. The second-order valence-corrected chi connectivity index (χ2v) is 7.65. The van der Waals surface area contributed by atoms with Crippen molar-refractivity contribution in [2.75, 3.05) is 13.2 Å². The highest BCUT2D eigenvalue weighted by atomic mass is 35.5. The van der Waals surface area contributed by atoms with Gasteiger partial charge in [0.15, 0.2) is 0 Å². The fourth-order valence-corrected chi connectivity index (χ4v) is 2.69. The lowest BCUT2D eigenvalue weighted by Gasteiger charge is -2.08. The zero-order valence-corrected chi connectivity index (χ0v) is 18.9. The maximum atomic E-state index is 11.8. The van der Waals surface area contributed by atoms with Gasteiger partial charge in [0, 0.05) is 13.2 Å². The number of benzene rings is 2. The van der Waals surface area contributed by atoms with Crippen molar-refractivity contribution < 1.29 is 19.1 Å². The Bertz CT molecular complexity index is 919. The molecular formula is C22H25Cl2N3O4. The molecule has 2 N–H and O–H groups in total. The van der Waals surface area contributed by atoms with Crippen LogP contribution in [0, 0.1) is 0 Å². The average molecular weight is 466 g/mol. The molecule has 0 aliphatic carbocycles. The summed E-state index contributed by atoms with van der Waals surface area (Å²) in [5, 5.41) is 7.28. The minimum atomic E-state index is -0.840. The molecule has 31 heavy (non-hydrogen) atoms. The summed E-state index contributed by atoms with van der Waals surface area (Å²) in [6.07, 6.45) is 2.18. The molecule has 0 fully saturated rings. The van der Waals surface area contributed by atoms with Gasteiger partial charge in [-0.3, -0.25) is 9.59 Å². The average Bonchev–Trinajstić information content (AvgIpc) is 2.74. The second kappa shape index (κ2) is 12.9. The lowest BCUT2D eigenvalue weighted by molar-refractivity contribution is -0.139. The Balaban J connectivity index is 1.77. The van der Waals surface area contributed by atoms with Gasteiger partial charge in [0.2, 0.25) is 0 Å². The van der Waals surface area contributed by atoms with E-state index in [4.69, 9.17) is 32.7 Å². The summed E-state index contributed by atoms with van der Waals surface area (Å²) in [5.74, 6) is -0.976. The topological polar surface area (TPSA) is 89.0 Å². The van der Waals surface area contributed by atoms with Gasteiger partial charge in [0.1, 0.15) is 12.4 Å². The molecule has 2 aromatic carbocycles. The number of hydrogen-bond donors (Lipinski definition) is 2. The van der Waals surface area contributed by atoms with E-state index in [0.717, 1.165) is 5.56 Å². The molecular weight excluding hydrogens is 441 g/mol. The number of ether oxygens (including phenoxy) is 2. The Morgan fingerprint density at radius 2 is 1.90 bits per heavy atom. The molecule has 0 heterocycles. The van der Waals surface area contributed by atoms with Gasteiger partial charge in [-0.25, -0.2) is 5.43 Å². The van der Waals surface area contributed by atoms with Crippen LogP contribution in [-0.2, 0) is 20.9 Å². The first-order valence-electron chi connectivity index (χ1n) is 9.75. The van der Waals surface area contributed by atoms with Crippen molar-refractivity contribution in [1.82, 2.24) is 10.7 Å². The standard InChI is InChI=1S/C22H25Cl2N3O4/c1-15(2)30-10-4-9-25-21(28)22(29)27-26-13-16-5-3-6-18(11-16)31-14-17-7-8-19(23)20(24)12-17/h3,5-8,11-13,15H,4,9-10,14H2,1-2H3,(H,25,28)(H,27,29)/b26-13-. The molecule has 0 bridgehead atoms. The number of hydrazone groups is 1. The fraction of sp³-hybridized carbons (Fsp3) is 0.318. The Kier molecular flexibility index (Phi) is 10.3. The fourth-order valence-electron chi connectivity index (χ4n) is 2.37. The second-order valence-electron chi connectivity index (χ2n) is 6.84. The highest BCUT2D eigenvalue weighted by molar-refractivity contribution is 6.42. The molecule has 166 valence electrons. The smallest absolute Gasteiger partial charge is 0.329 e. The predicted molar refractivity (Wildman–Crippen MR) is 122 cm³/mol. The van der Waals surface area contributed by atoms with Gasteiger partial charge in [0.25, 0.3) is 0 Å². The summed E-state index contributed by atoms with van der Waals surface area (Å²) in [7, 11) is 0. The molecule has 0 unspecified atom stereocenters. The lowest BCUT2D eigenvalue weighted by atomic mass is 10.2. The Morgan fingerprint density at radius 3 is 2.65 bits per heavy atom. The number of nitrogens with zero attached hydrogens (tertiary/aromatic N) is 1. The van der Waals surface area contributed by atoms with Gasteiger partial charge in [-0.2, -0.15) is 5.10 Å². The third-order valence-corrected chi connectivity index (χ3v) is 4.63. The van der Waals surface area contributed by atoms with Crippen molar-refractivity contribution in [2.24, 2.45) is 5.10 Å². The van der Waals surface area contributed by atoms with E-state index in [-0.39, 0.29) is 6.10 Å². The van der Waals surface area contributed by atoms with Crippen LogP contribution in [0.25, 0.3) is 0 Å². The highest BCUT2D eigenvalue weighted by Gasteiger charge is 2.11. The summed E-state index contributed by atoms with van der Waals surface area (Å²) >= 11 is 11.9. The largest absolute Gasteiger partial charge is 0.489 e. The Hall–Kier alpha value is -2.61. The van der Waals surface area contributed by atoms with Gasteiger partial charge < -0.3 is 14.8 Å². The number of hydrogen-bond acceptors (Lipinski definition) is 5. The molecule has 2 aromatic rings. The molecule has 2 amide bonds. The first-order valence-corrected chi connectivity index (χ1v) is 10.5. The summed E-state index contributed by atoms with van der Waals surface area (Å²) in [6, 6.07) is 12.4. The Labute approximate surface area is 191 Å². The SMILES string of the molecule is CC(C)OCCCNC(=O)C(=O)N/N=C\c1cccc(OCc2ccc(Cl)c(Cl)c2)c1. The molecule has 0 radical (unpaired) electrons. The summed E-state index contributed by atoms with van der Waals surface area (Å²) in [6.45, 7) is 5.04. The molecule has 0 aromatic heterocycles. The van der Waals surface area contributed by atoms with Crippen molar-refractivity contribution >= 4 is 41.2 Å². The number of nitrogens with one attached hydrogen (secondary N) is 2. The van der Waals surface area contributed by atoms with Gasteiger partial charge in [0.05, 0.1) is 22.4 Å². The summed E-state index contributed by atoms with van der Waals surface area (Å²) in [4.78, 5) is 23.5. The van der Waals surface area contributed by atoms with Gasteiger partial charge in [-0.15, -0.1) is 0 Å². The normalized spacial score (nSPS) is 11.0. The summed E-state index contributed by atoms with van der Waals surface area (Å²) < 4.78 is 11.1. The van der Waals surface area contributed by atoms with E-state index in [0.29, 0.717) is 47.5 Å². The van der Waals surface area contributed by atoms with E-state index in [1.807, 2.05) is 19.9 Å². The van der Waals surface area contributed by atoms with Crippen LogP contribution < -0.4 is 15.5 Å². The summed E-state index contributed by atoms with van der Waals surface area (Å²) in [5.41, 5.74) is 3.77. The minimum absolute atomic E-state index is 0.133. The predicted octanol–water partition coefficient (Wildman–Crippen LogP) is 3.95. The van der Waals surface area contributed by atoms with Crippen LogP contribution in [0.2, 0.25) is 10.0 Å². The number of carbonyl (C=O) groups is 2. The monoisotopic (exact) mass is 465 g/mol. The van der Waals surface area contributed by atoms with Crippen LogP contribution in [0.4, 0.5) is 0 Å². The van der Waals surface area contributed by atoms with E-state index in [9.17, 15) is 9.59 Å². The first-order chi connectivity index (χ1) is 14.8. The van der Waals surface area contributed by atoms with Crippen molar-refractivity contribution in [2.45, 2.75) is 33.0 Å². The quantitative estimate of drug-likeness (QED) is 0.240. The zero-order chi connectivity index (χ0) is 22.6. The molecule has 7 nitrogen and oxygen atoms in total. The van der Waals surface area contributed by atoms with E-state index in [1.54, 1.807) is 36.4 Å². The molecule has 9 heteroatoms. The van der Waals surface area contributed by atoms with E-state index < -0.39 is 11.8 Å². The minimum Gasteiger partial charge on any atom is -0.489 e. The Morgan fingerprint density at radius 1 is 1.10 bits per heavy atom. The molecule has 0 atom stereocenters. The molecule has 0 spiro atoms. The van der Waals surface area contributed by atoms with Crippen molar-refractivity contribution in [3.63, 3.8) is 0 Å². The van der Waals surface area contributed by atoms with Crippen LogP contribution >= 0.6 is 23.2 Å². The molecule has 0 saturated carbocycles. The number of amides is 2. The van der Waals surface area contributed by atoms with Crippen LogP contribution in [0.15, 0.2) is 47.6 Å².